The molecule has 1 amide bonds. The van der Waals surface area contributed by atoms with Gasteiger partial charge in [-0.05, 0) is 33.6 Å². The van der Waals surface area contributed by atoms with Crippen LogP contribution in [0.4, 0.5) is 4.79 Å². The number of nitrogens with zero attached hydrogens (tertiary/aromatic N) is 2. The highest BCUT2D eigenvalue weighted by Gasteiger charge is 2.36. The largest absolute Gasteiger partial charge is 0.444 e. The van der Waals surface area contributed by atoms with Crippen molar-refractivity contribution in [3.05, 3.63) is 0 Å². The zero-order valence-electron chi connectivity index (χ0n) is 9.92. The van der Waals surface area contributed by atoms with Crippen molar-refractivity contribution in [2.75, 3.05) is 13.1 Å². The predicted molar refractivity (Wildman–Crippen MR) is 61.2 cm³/mol. The molecule has 1 atom stereocenters. The minimum absolute atomic E-state index is 0.236. The van der Waals surface area contributed by atoms with Gasteiger partial charge in [0.15, 0.2) is 0 Å². The third-order valence-electron chi connectivity index (χ3n) is 2.29. The Balaban J connectivity index is 2.62. The van der Waals surface area contributed by atoms with Gasteiger partial charge < -0.3 is 9.64 Å². The summed E-state index contributed by atoms with van der Waals surface area (Å²) < 4.78 is 5.23. The number of ether oxygens (including phenoxy) is 1. The van der Waals surface area contributed by atoms with E-state index >= 15 is 0 Å². The van der Waals surface area contributed by atoms with Crippen LogP contribution in [0.25, 0.3) is 0 Å². The minimum Gasteiger partial charge on any atom is -0.444 e. The molecule has 0 saturated carbocycles. The van der Waals surface area contributed by atoms with Crippen LogP contribution in [-0.4, -0.2) is 34.6 Å². The lowest BCUT2D eigenvalue weighted by atomic mass is 9.99. The maximum absolute atomic E-state index is 11.8. The standard InChI is InChI=1S/C11H17ClN2O2/c1-10(2,3)16-9(15)14-6-4-5-11(12,7-13)8-14/h4-6,8H2,1-3H3. The fourth-order valence-corrected chi connectivity index (χ4v) is 1.86. The van der Waals surface area contributed by atoms with Gasteiger partial charge >= 0.3 is 6.09 Å². The molecule has 1 saturated heterocycles. The van der Waals surface area contributed by atoms with E-state index in [4.69, 9.17) is 21.6 Å². The Morgan fingerprint density at radius 3 is 2.69 bits per heavy atom. The second kappa shape index (κ2) is 4.50. The van der Waals surface area contributed by atoms with E-state index in [9.17, 15) is 4.79 Å². The summed E-state index contributed by atoms with van der Waals surface area (Å²) in [4.78, 5) is 12.3. The molecule has 1 aliphatic heterocycles. The molecule has 0 spiro atoms. The lowest BCUT2D eigenvalue weighted by Crippen LogP contribution is -2.48. The van der Waals surface area contributed by atoms with Crippen molar-refractivity contribution in [1.82, 2.24) is 4.90 Å². The summed E-state index contributed by atoms with van der Waals surface area (Å²) >= 11 is 6.06. The number of halogens is 1. The number of carbonyl (C=O) groups excluding carboxylic acids is 1. The first-order chi connectivity index (χ1) is 7.26. The highest BCUT2D eigenvalue weighted by molar-refractivity contribution is 6.26. The van der Waals surface area contributed by atoms with Crippen molar-refractivity contribution in [3.8, 4) is 6.07 Å². The molecule has 0 aromatic rings. The van der Waals surface area contributed by atoms with Gasteiger partial charge in [-0.25, -0.2) is 4.79 Å². The monoisotopic (exact) mass is 244 g/mol. The van der Waals surface area contributed by atoms with E-state index in [1.807, 2.05) is 26.8 Å². The van der Waals surface area contributed by atoms with Crippen LogP contribution < -0.4 is 0 Å². The zero-order chi connectivity index (χ0) is 12.4. The van der Waals surface area contributed by atoms with Crippen LogP contribution in [0.15, 0.2) is 0 Å². The highest BCUT2D eigenvalue weighted by atomic mass is 35.5. The van der Waals surface area contributed by atoms with Crippen LogP contribution in [0.3, 0.4) is 0 Å². The van der Waals surface area contributed by atoms with E-state index in [1.54, 1.807) is 0 Å². The first-order valence-electron chi connectivity index (χ1n) is 5.34. The number of alkyl halides is 1. The van der Waals surface area contributed by atoms with Crippen LogP contribution in [0.2, 0.25) is 0 Å². The smallest absolute Gasteiger partial charge is 0.410 e. The predicted octanol–water partition coefficient (Wildman–Crippen LogP) is 2.52. The molecule has 90 valence electrons. The molecule has 0 aromatic carbocycles. The molecule has 1 unspecified atom stereocenters. The molecule has 5 heteroatoms. The normalized spacial score (nSPS) is 26.1. The van der Waals surface area contributed by atoms with Gasteiger partial charge in [-0.1, -0.05) is 0 Å². The fourth-order valence-electron chi connectivity index (χ4n) is 1.58. The molecule has 1 rings (SSSR count). The Morgan fingerprint density at radius 1 is 1.56 bits per heavy atom. The second-order valence-electron chi connectivity index (χ2n) is 5.08. The molecule has 16 heavy (non-hydrogen) atoms. The maximum atomic E-state index is 11.8. The van der Waals surface area contributed by atoms with E-state index in [-0.39, 0.29) is 6.54 Å². The van der Waals surface area contributed by atoms with Crippen LogP contribution in [0, 0.1) is 11.3 Å². The molecular formula is C11H17ClN2O2. The quantitative estimate of drug-likeness (QED) is 0.616. The lowest BCUT2D eigenvalue weighted by Gasteiger charge is -2.35. The number of piperidine rings is 1. The topological polar surface area (TPSA) is 53.3 Å². The van der Waals surface area contributed by atoms with Gasteiger partial charge in [-0.2, -0.15) is 5.26 Å². The van der Waals surface area contributed by atoms with Crippen LogP contribution in [-0.2, 0) is 4.74 Å². The van der Waals surface area contributed by atoms with E-state index < -0.39 is 16.6 Å². The van der Waals surface area contributed by atoms with E-state index in [2.05, 4.69) is 0 Å². The SMILES string of the molecule is CC(C)(C)OC(=O)N1CCCC(Cl)(C#N)C1. The van der Waals surface area contributed by atoms with Crippen LogP contribution in [0.5, 0.6) is 0 Å². The van der Waals surface area contributed by atoms with E-state index in [0.29, 0.717) is 13.0 Å². The molecule has 0 N–H and O–H groups in total. The fraction of sp³-hybridized carbons (Fsp3) is 0.818. The average Bonchev–Trinajstić information content (AvgIpc) is 2.15. The van der Waals surface area contributed by atoms with Gasteiger partial charge in [0.1, 0.15) is 10.5 Å². The minimum atomic E-state index is -0.949. The van der Waals surface area contributed by atoms with E-state index in [1.165, 1.54) is 4.90 Å². The number of hydrogen-bond donors (Lipinski definition) is 0. The third-order valence-corrected chi connectivity index (χ3v) is 2.69. The zero-order valence-corrected chi connectivity index (χ0v) is 10.7. The van der Waals surface area contributed by atoms with Crippen molar-refractivity contribution in [2.45, 2.75) is 44.1 Å². The number of amides is 1. The Bertz CT molecular complexity index is 319. The van der Waals surface area contributed by atoms with Gasteiger partial charge in [0.25, 0.3) is 0 Å². The molecule has 0 aliphatic carbocycles. The number of carbonyl (C=O) groups is 1. The second-order valence-corrected chi connectivity index (χ2v) is 5.81. The first kappa shape index (κ1) is 13.1. The molecule has 1 heterocycles. The summed E-state index contributed by atoms with van der Waals surface area (Å²) in [5, 5.41) is 8.92. The van der Waals surface area contributed by atoms with Gasteiger partial charge in [-0.3, -0.25) is 0 Å². The molecular weight excluding hydrogens is 228 g/mol. The molecule has 0 bridgehead atoms. The van der Waals surface area contributed by atoms with Gasteiger partial charge in [0, 0.05) is 6.54 Å². The first-order valence-corrected chi connectivity index (χ1v) is 5.72. The lowest BCUT2D eigenvalue weighted by molar-refractivity contribution is 0.0200. The summed E-state index contributed by atoms with van der Waals surface area (Å²) in [7, 11) is 0. The van der Waals surface area contributed by atoms with Gasteiger partial charge in [0.05, 0.1) is 12.6 Å². The van der Waals surface area contributed by atoms with Crippen LogP contribution >= 0.6 is 11.6 Å². The van der Waals surface area contributed by atoms with Crippen molar-refractivity contribution < 1.29 is 9.53 Å². The summed E-state index contributed by atoms with van der Waals surface area (Å²) in [5.41, 5.74) is -0.518. The van der Waals surface area contributed by atoms with E-state index in [0.717, 1.165) is 6.42 Å². The highest BCUT2D eigenvalue weighted by Crippen LogP contribution is 2.28. The Labute approximate surface area is 101 Å². The number of hydrogen-bond acceptors (Lipinski definition) is 3. The molecule has 1 fully saturated rings. The van der Waals surface area contributed by atoms with Gasteiger partial charge in [-0.15, -0.1) is 11.6 Å². The summed E-state index contributed by atoms with van der Waals surface area (Å²) in [6, 6.07) is 2.04. The Hall–Kier alpha value is -0.950. The Morgan fingerprint density at radius 2 is 2.19 bits per heavy atom. The molecule has 0 radical (unpaired) electrons. The van der Waals surface area contributed by atoms with Crippen molar-refractivity contribution >= 4 is 17.7 Å². The Kier molecular flexibility index (Phi) is 3.69. The molecule has 1 aliphatic rings. The molecule has 4 nitrogen and oxygen atoms in total. The summed E-state index contributed by atoms with van der Waals surface area (Å²) in [6.07, 6.45) is 0.952. The third kappa shape index (κ3) is 3.57. The summed E-state index contributed by atoms with van der Waals surface area (Å²) in [6.45, 7) is 6.28. The average molecular weight is 245 g/mol. The van der Waals surface area contributed by atoms with Crippen LogP contribution in [0.1, 0.15) is 33.6 Å². The van der Waals surface area contributed by atoms with Gasteiger partial charge in [0.2, 0.25) is 0 Å². The summed E-state index contributed by atoms with van der Waals surface area (Å²) in [5.74, 6) is 0. The maximum Gasteiger partial charge on any atom is 0.410 e. The van der Waals surface area contributed by atoms with Crippen molar-refractivity contribution in [3.63, 3.8) is 0 Å². The number of likely N-dealkylation sites (tertiary alicyclic amines) is 1. The van der Waals surface area contributed by atoms with Crippen molar-refractivity contribution in [1.29, 1.82) is 5.26 Å². The molecule has 0 aromatic heterocycles. The van der Waals surface area contributed by atoms with Crippen molar-refractivity contribution in [2.24, 2.45) is 0 Å². The number of nitriles is 1. The number of rotatable bonds is 0.